The number of hydrogen-bond donors (Lipinski definition) is 1. The molecule has 0 saturated heterocycles. The third-order valence-corrected chi connectivity index (χ3v) is 3.76. The topological polar surface area (TPSA) is 55.6 Å². The van der Waals surface area contributed by atoms with Gasteiger partial charge < -0.3 is 15.4 Å². The van der Waals surface area contributed by atoms with E-state index in [2.05, 4.69) is 13.8 Å². The fraction of sp³-hybridized carbons (Fsp3) is 0.588. The number of carbonyl (C=O) groups excluding carboxylic acids is 1. The van der Waals surface area contributed by atoms with Gasteiger partial charge in [0.05, 0.1) is 5.92 Å². The SMILES string of the molecule is CC(C)CN(CCCN)C(=O)C1COc2ccccc2C1. The van der Waals surface area contributed by atoms with Crippen LogP contribution in [0.3, 0.4) is 0 Å². The highest BCUT2D eigenvalue weighted by atomic mass is 16.5. The van der Waals surface area contributed by atoms with E-state index >= 15 is 0 Å². The molecule has 0 saturated carbocycles. The van der Waals surface area contributed by atoms with Crippen molar-refractivity contribution in [3.8, 4) is 5.75 Å². The molecule has 1 aliphatic rings. The van der Waals surface area contributed by atoms with Crippen LogP contribution < -0.4 is 10.5 Å². The fourth-order valence-electron chi connectivity index (χ4n) is 2.76. The number of nitrogens with two attached hydrogens (primary N) is 1. The van der Waals surface area contributed by atoms with Crippen LogP contribution in [-0.2, 0) is 11.2 Å². The molecule has 1 aromatic rings. The van der Waals surface area contributed by atoms with Gasteiger partial charge in [0.15, 0.2) is 0 Å². The van der Waals surface area contributed by atoms with Gasteiger partial charge >= 0.3 is 0 Å². The lowest BCUT2D eigenvalue weighted by Gasteiger charge is -2.31. The highest BCUT2D eigenvalue weighted by Gasteiger charge is 2.29. The van der Waals surface area contributed by atoms with Crippen molar-refractivity contribution in [3.63, 3.8) is 0 Å². The van der Waals surface area contributed by atoms with Gasteiger partial charge in [-0.3, -0.25) is 4.79 Å². The number of benzene rings is 1. The van der Waals surface area contributed by atoms with E-state index in [4.69, 9.17) is 10.5 Å². The zero-order valence-electron chi connectivity index (χ0n) is 13.0. The molecule has 1 aromatic carbocycles. The van der Waals surface area contributed by atoms with Gasteiger partial charge in [-0.2, -0.15) is 0 Å². The van der Waals surface area contributed by atoms with Crippen molar-refractivity contribution in [3.05, 3.63) is 29.8 Å². The van der Waals surface area contributed by atoms with Crippen molar-refractivity contribution in [2.24, 2.45) is 17.6 Å². The van der Waals surface area contributed by atoms with Crippen molar-refractivity contribution >= 4 is 5.91 Å². The number of fused-ring (bicyclic) bond motifs is 1. The van der Waals surface area contributed by atoms with Crippen molar-refractivity contribution in [1.29, 1.82) is 0 Å². The third kappa shape index (κ3) is 4.21. The molecule has 1 aliphatic heterocycles. The van der Waals surface area contributed by atoms with Gasteiger partial charge in [-0.05, 0) is 36.9 Å². The monoisotopic (exact) mass is 290 g/mol. The Balaban J connectivity index is 2.03. The van der Waals surface area contributed by atoms with Crippen molar-refractivity contribution in [2.75, 3.05) is 26.2 Å². The number of ether oxygens (including phenoxy) is 1. The maximum Gasteiger partial charge on any atom is 0.229 e. The van der Waals surface area contributed by atoms with Crippen LogP contribution in [0, 0.1) is 11.8 Å². The zero-order chi connectivity index (χ0) is 15.2. The highest BCUT2D eigenvalue weighted by Crippen LogP contribution is 2.27. The summed E-state index contributed by atoms with van der Waals surface area (Å²) in [6, 6.07) is 7.97. The summed E-state index contributed by atoms with van der Waals surface area (Å²) in [6.07, 6.45) is 1.62. The summed E-state index contributed by atoms with van der Waals surface area (Å²) in [7, 11) is 0. The molecule has 0 bridgehead atoms. The van der Waals surface area contributed by atoms with Gasteiger partial charge in [-0.1, -0.05) is 32.0 Å². The minimum absolute atomic E-state index is 0.0728. The number of carbonyl (C=O) groups is 1. The van der Waals surface area contributed by atoms with E-state index in [9.17, 15) is 4.79 Å². The van der Waals surface area contributed by atoms with Gasteiger partial charge in [0.25, 0.3) is 0 Å². The number of nitrogens with zero attached hydrogens (tertiary/aromatic N) is 1. The lowest BCUT2D eigenvalue weighted by Crippen LogP contribution is -2.43. The Kier molecular flexibility index (Phi) is 5.62. The molecule has 1 amide bonds. The molecule has 4 nitrogen and oxygen atoms in total. The predicted molar refractivity (Wildman–Crippen MR) is 84.2 cm³/mol. The molecular formula is C17H26N2O2. The van der Waals surface area contributed by atoms with E-state index in [1.54, 1.807) is 0 Å². The Labute approximate surface area is 127 Å². The van der Waals surface area contributed by atoms with Crippen molar-refractivity contribution in [1.82, 2.24) is 4.90 Å². The van der Waals surface area contributed by atoms with Crippen molar-refractivity contribution < 1.29 is 9.53 Å². The van der Waals surface area contributed by atoms with E-state index in [1.807, 2.05) is 29.2 Å². The Hall–Kier alpha value is -1.55. The molecule has 2 N–H and O–H groups in total. The Bertz CT molecular complexity index is 474. The molecular weight excluding hydrogens is 264 g/mol. The van der Waals surface area contributed by atoms with E-state index in [0.717, 1.165) is 37.2 Å². The largest absolute Gasteiger partial charge is 0.492 e. The molecule has 4 heteroatoms. The fourth-order valence-corrected chi connectivity index (χ4v) is 2.76. The van der Waals surface area contributed by atoms with Gasteiger partial charge in [-0.25, -0.2) is 0 Å². The first kappa shape index (κ1) is 15.8. The summed E-state index contributed by atoms with van der Waals surface area (Å²) in [5.74, 6) is 1.51. The molecule has 0 aromatic heterocycles. The van der Waals surface area contributed by atoms with Crippen molar-refractivity contribution in [2.45, 2.75) is 26.7 Å². The number of hydrogen-bond acceptors (Lipinski definition) is 3. The highest BCUT2D eigenvalue weighted by molar-refractivity contribution is 5.79. The molecule has 0 radical (unpaired) electrons. The average Bonchev–Trinajstić information content (AvgIpc) is 2.50. The second-order valence-electron chi connectivity index (χ2n) is 6.14. The number of rotatable bonds is 6. The molecule has 0 fully saturated rings. The molecule has 1 heterocycles. The van der Waals surface area contributed by atoms with Gasteiger partial charge in [-0.15, -0.1) is 0 Å². The normalized spacial score (nSPS) is 17.2. The maximum atomic E-state index is 12.8. The summed E-state index contributed by atoms with van der Waals surface area (Å²) in [5, 5.41) is 0. The summed E-state index contributed by atoms with van der Waals surface area (Å²) in [4.78, 5) is 14.7. The Morgan fingerprint density at radius 2 is 2.19 bits per heavy atom. The minimum Gasteiger partial charge on any atom is -0.492 e. The molecule has 0 aliphatic carbocycles. The molecule has 1 atom stereocenters. The molecule has 2 rings (SSSR count). The van der Waals surface area contributed by atoms with Gasteiger partial charge in [0, 0.05) is 13.1 Å². The standard InChI is InChI=1S/C17H26N2O2/c1-13(2)11-19(9-5-8-18)17(20)15-10-14-6-3-4-7-16(14)21-12-15/h3-4,6-7,13,15H,5,8-12,18H2,1-2H3. The second kappa shape index (κ2) is 7.46. The number of amides is 1. The first-order valence-corrected chi connectivity index (χ1v) is 7.81. The van der Waals surface area contributed by atoms with Crippen LogP contribution in [0.15, 0.2) is 24.3 Å². The lowest BCUT2D eigenvalue weighted by atomic mass is 9.95. The van der Waals surface area contributed by atoms with E-state index in [-0.39, 0.29) is 11.8 Å². The quantitative estimate of drug-likeness (QED) is 0.872. The molecule has 116 valence electrons. The molecule has 21 heavy (non-hydrogen) atoms. The zero-order valence-corrected chi connectivity index (χ0v) is 13.0. The van der Waals surface area contributed by atoms with Crippen LogP contribution in [0.25, 0.3) is 0 Å². The maximum absolute atomic E-state index is 12.8. The minimum atomic E-state index is -0.0728. The summed E-state index contributed by atoms with van der Waals surface area (Å²) in [6.45, 7) is 6.90. The smallest absolute Gasteiger partial charge is 0.229 e. The van der Waals surface area contributed by atoms with Crippen LogP contribution in [0.2, 0.25) is 0 Å². The first-order chi connectivity index (χ1) is 10.1. The lowest BCUT2D eigenvalue weighted by molar-refractivity contribution is -0.137. The number of para-hydroxylation sites is 1. The summed E-state index contributed by atoms with van der Waals surface area (Å²) >= 11 is 0. The molecule has 0 spiro atoms. The van der Waals surface area contributed by atoms with E-state index in [1.165, 1.54) is 0 Å². The summed E-state index contributed by atoms with van der Waals surface area (Å²) < 4.78 is 5.74. The summed E-state index contributed by atoms with van der Waals surface area (Å²) in [5.41, 5.74) is 6.72. The van der Waals surface area contributed by atoms with E-state index < -0.39 is 0 Å². The average molecular weight is 290 g/mol. The van der Waals surface area contributed by atoms with Gasteiger partial charge in [0.2, 0.25) is 5.91 Å². The van der Waals surface area contributed by atoms with E-state index in [0.29, 0.717) is 19.1 Å². The first-order valence-electron chi connectivity index (χ1n) is 7.81. The van der Waals surface area contributed by atoms with Crippen LogP contribution in [0.1, 0.15) is 25.8 Å². The second-order valence-corrected chi connectivity index (χ2v) is 6.14. The van der Waals surface area contributed by atoms with Gasteiger partial charge in [0.1, 0.15) is 12.4 Å². The Morgan fingerprint density at radius 3 is 2.90 bits per heavy atom. The van der Waals surface area contributed by atoms with Crippen LogP contribution in [0.4, 0.5) is 0 Å². The predicted octanol–water partition coefficient (Wildman–Crippen LogP) is 2.07. The third-order valence-electron chi connectivity index (χ3n) is 3.76. The Morgan fingerprint density at radius 1 is 1.43 bits per heavy atom. The molecule has 1 unspecified atom stereocenters. The van der Waals surface area contributed by atoms with Crippen LogP contribution in [0.5, 0.6) is 5.75 Å². The van der Waals surface area contributed by atoms with Crippen LogP contribution >= 0.6 is 0 Å². The van der Waals surface area contributed by atoms with Crippen LogP contribution in [-0.4, -0.2) is 37.0 Å².